The molecule has 1 heterocycles. The molecular weight excluding hydrogens is 253 g/mol. The Labute approximate surface area is 91.4 Å². The largest absolute Gasteiger partial charge is 0.475 e. The molecule has 0 bridgehead atoms. The van der Waals surface area contributed by atoms with Gasteiger partial charge in [0.15, 0.2) is 5.69 Å². The summed E-state index contributed by atoms with van der Waals surface area (Å²) in [6.07, 6.45) is -4.94. The van der Waals surface area contributed by atoms with Crippen molar-refractivity contribution in [3.05, 3.63) is 16.4 Å². The Morgan fingerprint density at radius 1 is 1.44 bits per heavy atom. The first-order valence-corrected chi connectivity index (χ1v) is 4.11. The van der Waals surface area contributed by atoms with Crippen molar-refractivity contribution in [1.82, 2.24) is 9.78 Å². The van der Waals surface area contributed by atoms with Gasteiger partial charge in [0.1, 0.15) is 5.15 Å². The number of alkyl halides is 3. The Bertz CT molecular complexity index is 466. The Balaban J connectivity index is 3.48. The fourth-order valence-electron chi connectivity index (χ4n) is 1.01. The Morgan fingerprint density at radius 3 is 2.31 bits per heavy atom. The average Bonchev–Trinajstić information content (AvgIpc) is 2.42. The number of aliphatic carboxylic acids is 1. The number of carboxylic acid groups (broad SMARTS) is 1. The van der Waals surface area contributed by atoms with Gasteiger partial charge in [-0.15, -0.1) is 0 Å². The summed E-state index contributed by atoms with van der Waals surface area (Å²) in [5.74, 6) is -3.77. The van der Waals surface area contributed by atoms with Crippen molar-refractivity contribution >= 4 is 23.4 Å². The first-order chi connectivity index (χ1) is 7.16. The molecule has 0 radical (unpaired) electrons. The number of carbonyl (C=O) groups excluding carboxylic acids is 1. The van der Waals surface area contributed by atoms with E-state index in [4.69, 9.17) is 16.7 Å². The highest BCUT2D eigenvalue weighted by molar-refractivity contribution is 6.45. The number of halogens is 4. The van der Waals surface area contributed by atoms with E-state index in [-0.39, 0.29) is 0 Å². The minimum absolute atomic E-state index is 0.584. The maximum Gasteiger partial charge on any atom is 0.435 e. The summed E-state index contributed by atoms with van der Waals surface area (Å²) >= 11 is 5.38. The molecule has 0 aliphatic rings. The van der Waals surface area contributed by atoms with Crippen LogP contribution in [0.3, 0.4) is 0 Å². The number of nitrogens with zero attached hydrogens (tertiary/aromatic N) is 2. The summed E-state index contributed by atoms with van der Waals surface area (Å²) in [5, 5.41) is 10.6. The zero-order valence-corrected chi connectivity index (χ0v) is 8.43. The molecular formula is C7H4ClF3N2O3. The second-order valence-corrected chi connectivity index (χ2v) is 3.13. The van der Waals surface area contributed by atoms with E-state index in [1.165, 1.54) is 0 Å². The monoisotopic (exact) mass is 256 g/mol. The maximum absolute atomic E-state index is 12.4. The molecule has 5 nitrogen and oxygen atoms in total. The van der Waals surface area contributed by atoms with Crippen LogP contribution in [-0.4, -0.2) is 26.6 Å². The minimum Gasteiger partial charge on any atom is -0.475 e. The van der Waals surface area contributed by atoms with Crippen LogP contribution in [0.25, 0.3) is 0 Å². The van der Waals surface area contributed by atoms with Crippen LogP contribution < -0.4 is 0 Å². The van der Waals surface area contributed by atoms with Gasteiger partial charge in [0.25, 0.3) is 5.78 Å². The van der Waals surface area contributed by atoms with E-state index in [0.29, 0.717) is 4.68 Å². The second kappa shape index (κ2) is 3.78. The van der Waals surface area contributed by atoms with E-state index in [0.717, 1.165) is 7.05 Å². The lowest BCUT2D eigenvalue weighted by Crippen LogP contribution is -2.18. The molecule has 0 aromatic carbocycles. The first-order valence-electron chi connectivity index (χ1n) is 3.73. The van der Waals surface area contributed by atoms with Crippen LogP contribution in [0.5, 0.6) is 0 Å². The molecule has 9 heteroatoms. The quantitative estimate of drug-likeness (QED) is 0.640. The van der Waals surface area contributed by atoms with Gasteiger partial charge >= 0.3 is 12.1 Å². The van der Waals surface area contributed by atoms with E-state index in [1.807, 2.05) is 0 Å². The highest BCUT2D eigenvalue weighted by Gasteiger charge is 2.42. The lowest BCUT2D eigenvalue weighted by molar-refractivity contribution is -0.141. The topological polar surface area (TPSA) is 72.2 Å². The molecule has 1 N–H and O–H groups in total. The zero-order chi connectivity index (χ0) is 12.7. The summed E-state index contributed by atoms with van der Waals surface area (Å²) in [7, 11) is 1.07. The van der Waals surface area contributed by atoms with Gasteiger partial charge in [0, 0.05) is 7.05 Å². The van der Waals surface area contributed by atoms with Gasteiger partial charge in [-0.2, -0.15) is 18.3 Å². The van der Waals surface area contributed by atoms with E-state index in [9.17, 15) is 22.8 Å². The minimum atomic E-state index is -4.94. The molecule has 0 atom stereocenters. The van der Waals surface area contributed by atoms with Gasteiger partial charge in [-0.25, -0.2) is 4.79 Å². The highest BCUT2D eigenvalue weighted by atomic mass is 35.5. The van der Waals surface area contributed by atoms with Crippen molar-refractivity contribution in [1.29, 1.82) is 0 Å². The van der Waals surface area contributed by atoms with E-state index >= 15 is 0 Å². The molecule has 16 heavy (non-hydrogen) atoms. The fraction of sp³-hybridized carbons (Fsp3) is 0.286. The van der Waals surface area contributed by atoms with Crippen LogP contribution in [-0.2, 0) is 18.0 Å². The summed E-state index contributed by atoms with van der Waals surface area (Å²) in [6.45, 7) is 0. The average molecular weight is 257 g/mol. The van der Waals surface area contributed by atoms with Crippen molar-refractivity contribution in [2.75, 3.05) is 0 Å². The van der Waals surface area contributed by atoms with Gasteiger partial charge in [-0.05, 0) is 0 Å². The van der Waals surface area contributed by atoms with Crippen molar-refractivity contribution in [3.63, 3.8) is 0 Å². The third kappa shape index (κ3) is 2.01. The lowest BCUT2D eigenvalue weighted by Gasteiger charge is -2.03. The number of Topliss-reactive ketones (excluding diaryl/α,β-unsaturated/α-hetero) is 1. The van der Waals surface area contributed by atoms with E-state index in [1.54, 1.807) is 0 Å². The van der Waals surface area contributed by atoms with Crippen molar-refractivity contribution in [2.24, 2.45) is 7.05 Å². The summed E-state index contributed by atoms with van der Waals surface area (Å²) in [4.78, 5) is 21.3. The number of carboxylic acids is 1. The number of carbonyl (C=O) groups is 2. The highest BCUT2D eigenvalue weighted by Crippen LogP contribution is 2.34. The number of rotatable bonds is 2. The van der Waals surface area contributed by atoms with Crippen molar-refractivity contribution < 1.29 is 27.9 Å². The molecule has 1 aromatic heterocycles. The fourth-order valence-corrected chi connectivity index (χ4v) is 1.22. The van der Waals surface area contributed by atoms with Crippen molar-refractivity contribution in [2.45, 2.75) is 6.18 Å². The van der Waals surface area contributed by atoms with Crippen LogP contribution in [0.2, 0.25) is 5.15 Å². The molecule has 0 aliphatic carbocycles. The molecule has 0 amide bonds. The molecule has 0 saturated carbocycles. The number of hydrogen-bond donors (Lipinski definition) is 1. The predicted molar refractivity (Wildman–Crippen MR) is 45.2 cm³/mol. The second-order valence-electron chi connectivity index (χ2n) is 2.77. The van der Waals surface area contributed by atoms with Crippen LogP contribution in [0.1, 0.15) is 16.1 Å². The van der Waals surface area contributed by atoms with E-state index in [2.05, 4.69) is 5.10 Å². The van der Waals surface area contributed by atoms with E-state index < -0.39 is 34.3 Å². The molecule has 0 fully saturated rings. The van der Waals surface area contributed by atoms with Gasteiger partial charge in [-0.1, -0.05) is 11.6 Å². The van der Waals surface area contributed by atoms with Gasteiger partial charge in [0.05, 0.1) is 5.56 Å². The van der Waals surface area contributed by atoms with Crippen LogP contribution >= 0.6 is 11.6 Å². The summed E-state index contributed by atoms with van der Waals surface area (Å²) in [6, 6.07) is 0. The Kier molecular flexibility index (Phi) is 2.95. The number of aromatic nitrogens is 2. The van der Waals surface area contributed by atoms with Crippen LogP contribution in [0.15, 0.2) is 0 Å². The third-order valence-electron chi connectivity index (χ3n) is 1.67. The summed E-state index contributed by atoms with van der Waals surface area (Å²) < 4.78 is 37.7. The number of hydrogen-bond acceptors (Lipinski definition) is 3. The molecule has 0 aliphatic heterocycles. The molecule has 88 valence electrons. The SMILES string of the molecule is Cn1nc(C(F)(F)F)c(C(=O)C(=O)O)c1Cl. The van der Waals surface area contributed by atoms with Gasteiger partial charge < -0.3 is 5.11 Å². The Hall–Kier alpha value is -1.57. The lowest BCUT2D eigenvalue weighted by atomic mass is 10.1. The number of aryl methyl sites for hydroxylation is 1. The standard InChI is InChI=1S/C7H4ClF3N2O3/c1-13-5(8)2(3(14)6(15)16)4(12-13)7(9,10)11/h1H3,(H,15,16). The normalized spacial score (nSPS) is 11.6. The van der Waals surface area contributed by atoms with Gasteiger partial charge in [-0.3, -0.25) is 9.48 Å². The van der Waals surface area contributed by atoms with Crippen LogP contribution in [0.4, 0.5) is 13.2 Å². The zero-order valence-electron chi connectivity index (χ0n) is 7.67. The third-order valence-corrected chi connectivity index (χ3v) is 2.10. The predicted octanol–water partition coefficient (Wildman–Crippen LogP) is 1.36. The molecule has 1 aromatic rings. The summed E-state index contributed by atoms with van der Waals surface area (Å²) in [5.41, 5.74) is -2.75. The molecule has 0 unspecified atom stereocenters. The Morgan fingerprint density at radius 2 is 1.94 bits per heavy atom. The molecule has 0 spiro atoms. The molecule has 1 rings (SSSR count). The smallest absolute Gasteiger partial charge is 0.435 e. The van der Waals surface area contributed by atoms with Crippen LogP contribution in [0, 0.1) is 0 Å². The van der Waals surface area contributed by atoms with Gasteiger partial charge in [0.2, 0.25) is 0 Å². The number of ketones is 1. The van der Waals surface area contributed by atoms with Crippen molar-refractivity contribution in [3.8, 4) is 0 Å². The molecule has 0 saturated heterocycles. The maximum atomic E-state index is 12.4. The first kappa shape index (κ1) is 12.5.